The molecule has 4 rings (SSSR count). The maximum absolute atomic E-state index is 12.4. The van der Waals surface area contributed by atoms with E-state index in [4.69, 9.17) is 18.6 Å². The van der Waals surface area contributed by atoms with E-state index in [1.807, 2.05) is 6.92 Å². The smallest absolute Gasteiger partial charge is 0.337 e. The van der Waals surface area contributed by atoms with Gasteiger partial charge in [0, 0.05) is 11.3 Å². The highest BCUT2D eigenvalue weighted by Gasteiger charge is 2.32. The normalized spacial score (nSPS) is 15.5. The predicted molar refractivity (Wildman–Crippen MR) is 155 cm³/mol. The summed E-state index contributed by atoms with van der Waals surface area (Å²) in [4.78, 5) is 35.9. The van der Waals surface area contributed by atoms with E-state index in [0.717, 1.165) is 5.56 Å². The lowest BCUT2D eigenvalue weighted by Gasteiger charge is -2.28. The lowest BCUT2D eigenvalue weighted by molar-refractivity contribution is -0.136. The Bertz CT molecular complexity index is 1580. The van der Waals surface area contributed by atoms with Gasteiger partial charge in [-0.05, 0) is 68.3 Å². The molecule has 3 aromatic rings. The number of aromatic carboxylic acids is 1. The lowest BCUT2D eigenvalue weighted by Crippen LogP contribution is -2.45. The van der Waals surface area contributed by atoms with E-state index >= 15 is 0 Å². The van der Waals surface area contributed by atoms with Crippen LogP contribution >= 0.6 is 0 Å². The van der Waals surface area contributed by atoms with Crippen molar-refractivity contribution in [2.24, 2.45) is 5.10 Å². The molecule has 0 bridgehead atoms. The minimum atomic E-state index is -1.20. The van der Waals surface area contributed by atoms with Gasteiger partial charge in [-0.1, -0.05) is 12.1 Å². The van der Waals surface area contributed by atoms with Crippen molar-refractivity contribution in [3.8, 4) is 22.8 Å². The van der Waals surface area contributed by atoms with Gasteiger partial charge in [0.2, 0.25) is 0 Å². The summed E-state index contributed by atoms with van der Waals surface area (Å²) < 4.78 is 22.1. The molecule has 0 unspecified atom stereocenters. The number of furan rings is 1. The molecular weight excluding hydrogens is 560 g/mol. The molecule has 43 heavy (non-hydrogen) atoms. The number of hydrazone groups is 1. The summed E-state index contributed by atoms with van der Waals surface area (Å²) in [7, 11) is 1.26. The van der Waals surface area contributed by atoms with Gasteiger partial charge in [-0.15, -0.1) is 0 Å². The third-order valence-electron chi connectivity index (χ3n) is 6.46. The molecule has 1 aliphatic rings. The molecule has 1 aliphatic heterocycles. The average Bonchev–Trinajstić information content (AvgIpc) is 3.44. The SMILES string of the molecule is CCOc1cc([C@H]2NC(=O)NC(C)=C2C(=O)OC)ccc1OC[C@H](O)N/N=C\c1ccc(-c2cc(C(=O)O)ccc2C)o1. The van der Waals surface area contributed by atoms with E-state index in [-0.39, 0.29) is 17.7 Å². The number of carboxylic acid groups (broad SMARTS) is 1. The highest BCUT2D eigenvalue weighted by atomic mass is 16.5. The number of esters is 1. The fourth-order valence-electron chi connectivity index (χ4n) is 4.40. The standard InChI is InChI=1S/C30H32N4O9/c1-5-41-24-13-18(27-26(29(38)40-4)17(3)32-30(39)33-27)8-10-23(24)42-15-25(35)34-31-14-20-9-11-22(43-20)21-12-19(28(36)37)7-6-16(21)2/h6-14,25,27,34-35H,5,15H2,1-4H3,(H,36,37)(H2,32,33,39)/b31-14-/t25-,27+/m0/s1. The first-order valence-corrected chi connectivity index (χ1v) is 13.3. The van der Waals surface area contributed by atoms with Crippen LogP contribution in [0, 0.1) is 6.92 Å². The number of urea groups is 1. The minimum absolute atomic E-state index is 0.148. The van der Waals surface area contributed by atoms with Crippen molar-refractivity contribution in [3.63, 3.8) is 0 Å². The van der Waals surface area contributed by atoms with Crippen LogP contribution in [0.15, 0.2) is 69.3 Å². The number of nitrogens with zero attached hydrogens (tertiary/aromatic N) is 1. The van der Waals surface area contributed by atoms with Crippen LogP contribution in [-0.2, 0) is 9.53 Å². The number of aliphatic hydroxyl groups excluding tert-OH is 1. The number of carbonyl (C=O) groups excluding carboxylic acids is 2. The number of ether oxygens (including phenoxy) is 3. The van der Waals surface area contributed by atoms with E-state index in [2.05, 4.69) is 21.2 Å². The molecular formula is C30H32N4O9. The Hall–Kier alpha value is -5.30. The second kappa shape index (κ2) is 13.6. The van der Waals surface area contributed by atoms with Crippen molar-refractivity contribution in [1.82, 2.24) is 16.1 Å². The van der Waals surface area contributed by atoms with Crippen LogP contribution < -0.4 is 25.5 Å². The number of benzene rings is 2. The van der Waals surface area contributed by atoms with Crippen molar-refractivity contribution in [2.75, 3.05) is 20.3 Å². The average molecular weight is 593 g/mol. The molecule has 2 aromatic carbocycles. The van der Waals surface area contributed by atoms with Gasteiger partial charge in [0.1, 0.15) is 18.1 Å². The number of nitrogens with one attached hydrogen (secondary N) is 3. The number of aliphatic hydroxyl groups is 1. The first-order chi connectivity index (χ1) is 20.6. The van der Waals surface area contributed by atoms with Crippen molar-refractivity contribution < 1.29 is 43.2 Å². The molecule has 13 nitrogen and oxygen atoms in total. The molecule has 0 aliphatic carbocycles. The van der Waals surface area contributed by atoms with Crippen molar-refractivity contribution >= 4 is 24.2 Å². The van der Waals surface area contributed by atoms with E-state index in [1.165, 1.54) is 25.5 Å². The molecule has 0 spiro atoms. The molecule has 0 radical (unpaired) electrons. The number of hydrogen-bond donors (Lipinski definition) is 5. The molecule has 13 heteroatoms. The summed E-state index contributed by atoms with van der Waals surface area (Å²) in [6, 6.07) is 11.8. The van der Waals surface area contributed by atoms with Gasteiger partial charge in [0.25, 0.3) is 0 Å². The fourth-order valence-corrected chi connectivity index (χ4v) is 4.40. The highest BCUT2D eigenvalue weighted by Crippen LogP contribution is 2.35. The molecule has 0 saturated heterocycles. The molecule has 5 N–H and O–H groups in total. The van der Waals surface area contributed by atoms with Crippen LogP contribution in [0.5, 0.6) is 11.5 Å². The summed E-state index contributed by atoms with van der Waals surface area (Å²) in [5, 5.41) is 28.9. The minimum Gasteiger partial charge on any atom is -0.490 e. The summed E-state index contributed by atoms with van der Waals surface area (Å²) in [5.74, 6) is -0.0935. The summed E-state index contributed by atoms with van der Waals surface area (Å²) in [6.45, 7) is 5.37. The van der Waals surface area contributed by atoms with Gasteiger partial charge in [0.15, 0.2) is 17.7 Å². The lowest BCUT2D eigenvalue weighted by atomic mass is 9.95. The topological polar surface area (TPSA) is 181 Å². The number of carbonyl (C=O) groups is 3. The van der Waals surface area contributed by atoms with Crippen molar-refractivity contribution in [1.29, 1.82) is 0 Å². The summed E-state index contributed by atoms with van der Waals surface area (Å²) in [6.07, 6.45) is 0.167. The number of hydrogen-bond acceptors (Lipinski definition) is 10. The Morgan fingerprint density at radius 1 is 1.12 bits per heavy atom. The van der Waals surface area contributed by atoms with Crippen molar-refractivity contribution in [3.05, 3.63) is 82.3 Å². The van der Waals surface area contributed by atoms with Gasteiger partial charge < -0.3 is 39.5 Å². The van der Waals surface area contributed by atoms with Gasteiger partial charge >= 0.3 is 18.0 Å². The second-order valence-electron chi connectivity index (χ2n) is 9.45. The van der Waals surface area contributed by atoms with Crippen molar-refractivity contribution in [2.45, 2.75) is 33.0 Å². The Labute approximate surface area is 247 Å². The number of rotatable bonds is 12. The van der Waals surface area contributed by atoms with Crippen LogP contribution in [0.2, 0.25) is 0 Å². The van der Waals surface area contributed by atoms with Gasteiger partial charge in [-0.3, -0.25) is 5.43 Å². The zero-order valence-corrected chi connectivity index (χ0v) is 24.0. The fraction of sp³-hybridized carbons (Fsp3) is 0.267. The monoisotopic (exact) mass is 592 g/mol. The largest absolute Gasteiger partial charge is 0.490 e. The number of carboxylic acids is 1. The van der Waals surface area contributed by atoms with Crippen LogP contribution in [-0.4, -0.2) is 60.9 Å². The molecule has 0 saturated carbocycles. The first kappa shape index (κ1) is 30.7. The van der Waals surface area contributed by atoms with E-state index in [9.17, 15) is 24.6 Å². The maximum Gasteiger partial charge on any atom is 0.337 e. The first-order valence-electron chi connectivity index (χ1n) is 13.3. The van der Waals surface area contributed by atoms with Crippen LogP contribution in [0.4, 0.5) is 4.79 Å². The van der Waals surface area contributed by atoms with E-state index in [0.29, 0.717) is 46.5 Å². The third-order valence-corrected chi connectivity index (χ3v) is 6.46. The highest BCUT2D eigenvalue weighted by molar-refractivity contribution is 5.95. The molecule has 226 valence electrons. The molecule has 2 amide bonds. The number of methoxy groups -OCH3 is 1. The third kappa shape index (κ3) is 7.32. The summed E-state index contributed by atoms with van der Waals surface area (Å²) in [5.41, 5.74) is 5.38. The zero-order valence-electron chi connectivity index (χ0n) is 24.0. The van der Waals surface area contributed by atoms with E-state index in [1.54, 1.807) is 50.2 Å². The van der Waals surface area contributed by atoms with E-state index < -0.39 is 30.2 Å². The Morgan fingerprint density at radius 3 is 2.63 bits per heavy atom. The number of allylic oxidation sites excluding steroid dienone is 1. The predicted octanol–water partition coefficient (Wildman–Crippen LogP) is 3.47. The molecule has 0 fully saturated rings. The molecule has 2 heterocycles. The van der Waals surface area contributed by atoms with Crippen LogP contribution in [0.25, 0.3) is 11.3 Å². The van der Waals surface area contributed by atoms with Crippen LogP contribution in [0.1, 0.15) is 47.1 Å². The van der Waals surface area contributed by atoms with Crippen LogP contribution in [0.3, 0.4) is 0 Å². The second-order valence-corrected chi connectivity index (χ2v) is 9.45. The molecule has 2 atom stereocenters. The Kier molecular flexibility index (Phi) is 9.68. The zero-order chi connectivity index (χ0) is 31.1. The Morgan fingerprint density at radius 2 is 1.91 bits per heavy atom. The quantitative estimate of drug-likeness (QED) is 0.0904. The maximum atomic E-state index is 12.4. The van der Waals surface area contributed by atoms with Gasteiger partial charge in [0.05, 0.1) is 37.1 Å². The Balaban J connectivity index is 1.40. The number of amides is 2. The summed E-state index contributed by atoms with van der Waals surface area (Å²) >= 11 is 0. The van der Waals surface area contributed by atoms with Gasteiger partial charge in [-0.2, -0.15) is 5.10 Å². The number of aryl methyl sites for hydroxylation is 1. The molecule has 1 aromatic heterocycles. The van der Waals surface area contributed by atoms with Gasteiger partial charge in [-0.25, -0.2) is 14.4 Å².